The van der Waals surface area contributed by atoms with Crippen LogP contribution in [0, 0.1) is 0 Å². The molecule has 1 saturated carbocycles. The number of carbonyl (C=O) groups is 2. The van der Waals surface area contributed by atoms with Crippen molar-refractivity contribution in [2.24, 2.45) is 0 Å². The highest BCUT2D eigenvalue weighted by Gasteiger charge is 2.28. The van der Waals surface area contributed by atoms with E-state index in [9.17, 15) is 9.59 Å². The van der Waals surface area contributed by atoms with Crippen molar-refractivity contribution in [1.82, 2.24) is 10.2 Å². The maximum absolute atomic E-state index is 11.8. The minimum absolute atomic E-state index is 0.262. The molecular weight excluding hydrogens is 236 g/mol. The van der Waals surface area contributed by atoms with Gasteiger partial charge in [0.15, 0.2) is 0 Å². The highest BCUT2D eigenvalue weighted by molar-refractivity contribution is 5.82. The first-order chi connectivity index (χ1) is 8.56. The van der Waals surface area contributed by atoms with Crippen LogP contribution in [0.15, 0.2) is 0 Å². The number of amides is 2. The third-order valence-corrected chi connectivity index (χ3v) is 3.38. The lowest BCUT2D eigenvalue weighted by Gasteiger charge is -2.35. The van der Waals surface area contributed by atoms with Crippen LogP contribution >= 0.6 is 0 Å². The van der Waals surface area contributed by atoms with Crippen molar-refractivity contribution in [2.45, 2.75) is 44.2 Å². The van der Waals surface area contributed by atoms with Crippen molar-refractivity contribution < 1.29 is 19.4 Å². The smallest absolute Gasteiger partial charge is 0.326 e. The molecule has 0 heterocycles. The third kappa shape index (κ3) is 4.18. The molecule has 0 radical (unpaired) electrons. The fourth-order valence-electron chi connectivity index (χ4n) is 1.88. The van der Waals surface area contributed by atoms with Crippen LogP contribution in [0.25, 0.3) is 0 Å². The topological polar surface area (TPSA) is 78.9 Å². The van der Waals surface area contributed by atoms with E-state index in [0.717, 1.165) is 19.3 Å². The van der Waals surface area contributed by atoms with Crippen molar-refractivity contribution in [3.05, 3.63) is 0 Å². The largest absolute Gasteiger partial charge is 0.480 e. The van der Waals surface area contributed by atoms with Gasteiger partial charge < -0.3 is 20.1 Å². The second-order valence-electron chi connectivity index (χ2n) is 4.67. The molecule has 0 bridgehead atoms. The Kier molecular flexibility index (Phi) is 5.91. The SMILES string of the molecule is COCCCC(NC(=O)N(C)C1CCC1)C(=O)O. The van der Waals surface area contributed by atoms with E-state index in [1.165, 1.54) is 0 Å². The maximum atomic E-state index is 11.8. The van der Waals surface area contributed by atoms with Gasteiger partial charge in [-0.2, -0.15) is 0 Å². The van der Waals surface area contributed by atoms with Gasteiger partial charge in [-0.3, -0.25) is 0 Å². The molecule has 104 valence electrons. The molecule has 0 aromatic carbocycles. The minimum atomic E-state index is -0.999. The number of hydrogen-bond acceptors (Lipinski definition) is 3. The molecule has 2 amide bonds. The molecule has 6 nitrogen and oxygen atoms in total. The molecule has 0 aromatic rings. The first-order valence-electron chi connectivity index (χ1n) is 6.31. The molecule has 6 heteroatoms. The van der Waals surface area contributed by atoms with E-state index in [1.807, 2.05) is 0 Å². The predicted molar refractivity (Wildman–Crippen MR) is 66.5 cm³/mol. The monoisotopic (exact) mass is 258 g/mol. The Morgan fingerprint density at radius 2 is 2.17 bits per heavy atom. The molecule has 0 saturated heterocycles. The molecule has 1 fully saturated rings. The van der Waals surface area contributed by atoms with Crippen molar-refractivity contribution in [1.29, 1.82) is 0 Å². The van der Waals surface area contributed by atoms with Crippen LogP contribution in [0.2, 0.25) is 0 Å². The van der Waals surface area contributed by atoms with Gasteiger partial charge in [-0.25, -0.2) is 9.59 Å². The number of carboxylic acids is 1. The quantitative estimate of drug-likeness (QED) is 0.669. The van der Waals surface area contributed by atoms with E-state index >= 15 is 0 Å². The zero-order chi connectivity index (χ0) is 13.5. The summed E-state index contributed by atoms with van der Waals surface area (Å²) < 4.78 is 4.87. The lowest BCUT2D eigenvalue weighted by atomic mass is 9.92. The summed E-state index contributed by atoms with van der Waals surface area (Å²) in [4.78, 5) is 24.5. The van der Waals surface area contributed by atoms with Crippen LogP contribution in [0.1, 0.15) is 32.1 Å². The van der Waals surface area contributed by atoms with Crippen LogP contribution in [0.5, 0.6) is 0 Å². The van der Waals surface area contributed by atoms with Crippen LogP contribution < -0.4 is 5.32 Å². The highest BCUT2D eigenvalue weighted by Crippen LogP contribution is 2.23. The second kappa shape index (κ2) is 7.20. The van der Waals surface area contributed by atoms with E-state index < -0.39 is 12.0 Å². The van der Waals surface area contributed by atoms with Crippen molar-refractivity contribution in [3.8, 4) is 0 Å². The lowest BCUT2D eigenvalue weighted by molar-refractivity contribution is -0.139. The summed E-state index contributed by atoms with van der Waals surface area (Å²) in [5.74, 6) is -0.999. The molecule has 18 heavy (non-hydrogen) atoms. The molecule has 1 aliphatic carbocycles. The number of carbonyl (C=O) groups excluding carboxylic acids is 1. The zero-order valence-electron chi connectivity index (χ0n) is 11.0. The Bertz CT molecular complexity index is 292. The fraction of sp³-hybridized carbons (Fsp3) is 0.833. The van der Waals surface area contributed by atoms with Gasteiger partial charge in [-0.1, -0.05) is 0 Å². The summed E-state index contributed by atoms with van der Waals surface area (Å²) in [6.07, 6.45) is 4.14. The van der Waals surface area contributed by atoms with Crippen molar-refractivity contribution in [2.75, 3.05) is 20.8 Å². The number of urea groups is 1. The molecule has 0 spiro atoms. The predicted octanol–water partition coefficient (Wildman–Crippen LogP) is 1.06. The summed E-state index contributed by atoms with van der Waals surface area (Å²) in [5.41, 5.74) is 0. The summed E-state index contributed by atoms with van der Waals surface area (Å²) in [7, 11) is 3.28. The van der Waals surface area contributed by atoms with Crippen LogP contribution in [-0.2, 0) is 9.53 Å². The first kappa shape index (κ1) is 14.8. The number of carboxylic acid groups (broad SMARTS) is 1. The fourth-order valence-corrected chi connectivity index (χ4v) is 1.88. The molecular formula is C12H22N2O4. The van der Waals surface area contributed by atoms with Crippen LogP contribution in [-0.4, -0.2) is 54.9 Å². The number of methoxy groups -OCH3 is 1. The average Bonchev–Trinajstić information content (AvgIpc) is 2.25. The van der Waals surface area contributed by atoms with Crippen LogP contribution in [0.4, 0.5) is 4.79 Å². The average molecular weight is 258 g/mol. The summed E-state index contributed by atoms with van der Waals surface area (Å²) in [6, 6.07) is -0.877. The van der Waals surface area contributed by atoms with E-state index in [2.05, 4.69) is 5.32 Å². The third-order valence-electron chi connectivity index (χ3n) is 3.38. The molecule has 1 aliphatic rings. The van der Waals surface area contributed by atoms with Crippen LogP contribution in [0.3, 0.4) is 0 Å². The van der Waals surface area contributed by atoms with Gasteiger partial charge in [-0.15, -0.1) is 0 Å². The maximum Gasteiger partial charge on any atom is 0.326 e. The Labute approximate surface area is 107 Å². The highest BCUT2D eigenvalue weighted by atomic mass is 16.5. The Hall–Kier alpha value is -1.30. The molecule has 0 aromatic heterocycles. The standard InChI is InChI=1S/C12H22N2O4/c1-14(9-5-3-6-9)12(17)13-10(11(15)16)7-4-8-18-2/h9-10H,3-8H2,1-2H3,(H,13,17)(H,15,16). The lowest BCUT2D eigenvalue weighted by Crippen LogP contribution is -2.51. The number of nitrogens with one attached hydrogen (secondary N) is 1. The number of hydrogen-bond donors (Lipinski definition) is 2. The number of ether oxygens (including phenoxy) is 1. The normalized spacial score (nSPS) is 16.8. The van der Waals surface area contributed by atoms with Gasteiger partial charge in [0.1, 0.15) is 6.04 Å². The molecule has 1 rings (SSSR count). The number of rotatable bonds is 7. The molecule has 1 unspecified atom stereocenters. The molecule has 2 N–H and O–H groups in total. The van der Waals surface area contributed by atoms with Gasteiger partial charge >= 0.3 is 12.0 Å². The molecule has 1 atom stereocenters. The Morgan fingerprint density at radius 1 is 1.50 bits per heavy atom. The van der Waals surface area contributed by atoms with E-state index in [-0.39, 0.29) is 12.1 Å². The van der Waals surface area contributed by atoms with Crippen molar-refractivity contribution >= 4 is 12.0 Å². The second-order valence-corrected chi connectivity index (χ2v) is 4.67. The first-order valence-corrected chi connectivity index (χ1v) is 6.31. The number of nitrogens with zero attached hydrogens (tertiary/aromatic N) is 1. The van der Waals surface area contributed by atoms with Gasteiger partial charge in [-0.05, 0) is 32.1 Å². The summed E-state index contributed by atoms with van der Waals surface area (Å²) >= 11 is 0. The van der Waals surface area contributed by atoms with Gasteiger partial charge in [0.05, 0.1) is 0 Å². The van der Waals surface area contributed by atoms with E-state index in [4.69, 9.17) is 9.84 Å². The van der Waals surface area contributed by atoms with E-state index in [1.54, 1.807) is 19.1 Å². The minimum Gasteiger partial charge on any atom is -0.480 e. The molecule has 0 aliphatic heterocycles. The Balaban J connectivity index is 2.38. The van der Waals surface area contributed by atoms with E-state index in [0.29, 0.717) is 19.4 Å². The van der Waals surface area contributed by atoms with Crippen molar-refractivity contribution in [3.63, 3.8) is 0 Å². The summed E-state index contributed by atoms with van der Waals surface area (Å²) in [6.45, 7) is 0.498. The van der Waals surface area contributed by atoms with Gasteiger partial charge in [0, 0.05) is 26.8 Å². The number of aliphatic carboxylic acids is 1. The Morgan fingerprint density at radius 3 is 2.61 bits per heavy atom. The van der Waals surface area contributed by atoms with Gasteiger partial charge in [0.25, 0.3) is 0 Å². The zero-order valence-corrected chi connectivity index (χ0v) is 11.0. The van der Waals surface area contributed by atoms with Gasteiger partial charge in [0.2, 0.25) is 0 Å². The summed E-state index contributed by atoms with van der Waals surface area (Å²) in [5, 5.41) is 11.6.